The summed E-state index contributed by atoms with van der Waals surface area (Å²) in [5.41, 5.74) is 0.761. The monoisotopic (exact) mass is 454 g/mol. The minimum absolute atomic E-state index is 0.0971. The number of amides is 1. The molecule has 0 saturated carbocycles. The van der Waals surface area contributed by atoms with Gasteiger partial charge in [-0.05, 0) is 54.1 Å². The molecule has 1 N–H and O–H groups in total. The van der Waals surface area contributed by atoms with Crippen molar-refractivity contribution < 1.29 is 22.7 Å². The van der Waals surface area contributed by atoms with Crippen LogP contribution in [0.1, 0.15) is 31.1 Å². The van der Waals surface area contributed by atoms with Gasteiger partial charge in [0.25, 0.3) is 5.91 Å². The highest BCUT2D eigenvalue weighted by atomic mass is 32.2. The fourth-order valence-electron chi connectivity index (χ4n) is 3.27. The van der Waals surface area contributed by atoms with E-state index in [4.69, 9.17) is 4.74 Å². The molecule has 0 spiro atoms. The van der Waals surface area contributed by atoms with Crippen molar-refractivity contribution in [3.05, 3.63) is 72.3 Å². The van der Waals surface area contributed by atoms with Crippen LogP contribution in [0.25, 0.3) is 10.8 Å². The molecule has 0 saturated heterocycles. The molecule has 0 aliphatic carbocycles. The number of nitrogens with zero attached hydrogens (tertiary/aromatic N) is 1. The summed E-state index contributed by atoms with van der Waals surface area (Å²) in [7, 11) is -3.61. The van der Waals surface area contributed by atoms with Crippen molar-refractivity contribution in [3.8, 4) is 0 Å². The summed E-state index contributed by atoms with van der Waals surface area (Å²) in [6.07, 6.45) is -1.03. The number of carbonyl (C=O) groups is 2. The van der Waals surface area contributed by atoms with Crippen LogP contribution in [-0.2, 0) is 19.6 Å². The predicted octanol–water partition coefficient (Wildman–Crippen LogP) is 4.05. The molecule has 1 amide bonds. The number of benzene rings is 3. The van der Waals surface area contributed by atoms with Crippen LogP contribution in [0.4, 0.5) is 5.69 Å². The van der Waals surface area contributed by atoms with E-state index in [9.17, 15) is 18.0 Å². The molecule has 0 bridgehead atoms. The summed E-state index contributed by atoms with van der Waals surface area (Å²) in [4.78, 5) is 25.0. The first-order chi connectivity index (χ1) is 15.3. The number of hydrogen-bond donors (Lipinski definition) is 1. The average molecular weight is 455 g/mol. The molecule has 0 aliphatic rings. The van der Waals surface area contributed by atoms with Crippen molar-refractivity contribution in [2.75, 3.05) is 18.4 Å². The molecule has 32 heavy (non-hydrogen) atoms. The van der Waals surface area contributed by atoms with Gasteiger partial charge in [-0.15, -0.1) is 0 Å². The van der Waals surface area contributed by atoms with E-state index in [1.165, 1.54) is 35.5 Å². The quantitative estimate of drug-likeness (QED) is 0.518. The van der Waals surface area contributed by atoms with Crippen molar-refractivity contribution in [2.45, 2.75) is 31.8 Å². The van der Waals surface area contributed by atoms with Crippen LogP contribution in [0.2, 0.25) is 0 Å². The number of fused-ring (bicyclic) bond motifs is 1. The van der Waals surface area contributed by atoms with Crippen LogP contribution in [0.5, 0.6) is 0 Å². The highest BCUT2D eigenvalue weighted by molar-refractivity contribution is 7.89. The maximum absolute atomic E-state index is 12.6. The second kappa shape index (κ2) is 9.93. The summed E-state index contributed by atoms with van der Waals surface area (Å²) in [6.45, 7) is 5.71. The SMILES string of the molecule is CCN(CC)S(=O)(=O)c1ccc(C(=O)OC(C)C(=O)Nc2ccc3ccccc3c2)cc1. The summed E-state index contributed by atoms with van der Waals surface area (Å²) in [5.74, 6) is -1.17. The normalized spacial score (nSPS) is 12.5. The van der Waals surface area contributed by atoms with Gasteiger partial charge in [-0.25, -0.2) is 13.2 Å². The summed E-state index contributed by atoms with van der Waals surface area (Å²) in [6, 6.07) is 18.8. The molecule has 3 aromatic carbocycles. The Labute approximate surface area is 188 Å². The Morgan fingerprint density at radius 3 is 2.19 bits per heavy atom. The molecule has 168 valence electrons. The molecule has 3 rings (SSSR count). The Morgan fingerprint density at radius 2 is 1.56 bits per heavy atom. The second-order valence-electron chi connectivity index (χ2n) is 7.21. The van der Waals surface area contributed by atoms with Gasteiger partial charge in [0.1, 0.15) is 0 Å². The molecular formula is C24H26N2O5S. The van der Waals surface area contributed by atoms with E-state index in [1.807, 2.05) is 36.4 Å². The fraction of sp³-hybridized carbons (Fsp3) is 0.250. The first kappa shape index (κ1) is 23.4. The summed E-state index contributed by atoms with van der Waals surface area (Å²) in [5, 5.41) is 4.78. The van der Waals surface area contributed by atoms with Crippen LogP contribution in [0, 0.1) is 0 Å². The van der Waals surface area contributed by atoms with Crippen LogP contribution >= 0.6 is 0 Å². The number of rotatable bonds is 8. The maximum atomic E-state index is 12.6. The Hall–Kier alpha value is -3.23. The number of carbonyl (C=O) groups excluding carboxylic acids is 2. The Bertz CT molecular complexity index is 1220. The number of esters is 1. The topological polar surface area (TPSA) is 92.8 Å². The molecule has 0 fully saturated rings. The second-order valence-corrected chi connectivity index (χ2v) is 9.15. The van der Waals surface area contributed by atoms with Crippen molar-refractivity contribution in [1.29, 1.82) is 0 Å². The minimum atomic E-state index is -3.61. The number of ether oxygens (including phenoxy) is 1. The minimum Gasteiger partial charge on any atom is -0.449 e. The van der Waals surface area contributed by atoms with Gasteiger partial charge in [0.15, 0.2) is 6.10 Å². The molecule has 3 aromatic rings. The first-order valence-corrected chi connectivity index (χ1v) is 11.8. The van der Waals surface area contributed by atoms with Gasteiger partial charge in [-0.2, -0.15) is 4.31 Å². The lowest BCUT2D eigenvalue weighted by molar-refractivity contribution is -0.123. The largest absolute Gasteiger partial charge is 0.449 e. The predicted molar refractivity (Wildman–Crippen MR) is 124 cm³/mol. The first-order valence-electron chi connectivity index (χ1n) is 10.4. The van der Waals surface area contributed by atoms with Crippen molar-refractivity contribution in [1.82, 2.24) is 4.31 Å². The Kier molecular flexibility index (Phi) is 7.27. The number of sulfonamides is 1. The molecule has 0 heterocycles. The van der Waals surface area contributed by atoms with Gasteiger partial charge in [-0.1, -0.05) is 44.2 Å². The lowest BCUT2D eigenvalue weighted by Crippen LogP contribution is -2.31. The number of nitrogens with one attached hydrogen (secondary N) is 1. The fourth-order valence-corrected chi connectivity index (χ4v) is 4.73. The van der Waals surface area contributed by atoms with Crippen molar-refractivity contribution in [3.63, 3.8) is 0 Å². The van der Waals surface area contributed by atoms with E-state index in [2.05, 4.69) is 5.32 Å². The van der Waals surface area contributed by atoms with E-state index >= 15 is 0 Å². The molecule has 7 nitrogen and oxygen atoms in total. The zero-order valence-electron chi connectivity index (χ0n) is 18.2. The number of hydrogen-bond acceptors (Lipinski definition) is 5. The Morgan fingerprint density at radius 1 is 0.938 bits per heavy atom. The van der Waals surface area contributed by atoms with Gasteiger partial charge >= 0.3 is 5.97 Å². The molecule has 0 radical (unpaired) electrons. The van der Waals surface area contributed by atoms with E-state index in [0.717, 1.165) is 10.8 Å². The maximum Gasteiger partial charge on any atom is 0.338 e. The van der Waals surface area contributed by atoms with Crippen LogP contribution < -0.4 is 5.32 Å². The van der Waals surface area contributed by atoms with Crippen LogP contribution in [-0.4, -0.2) is 43.8 Å². The van der Waals surface area contributed by atoms with Gasteiger partial charge in [-0.3, -0.25) is 4.79 Å². The van der Waals surface area contributed by atoms with Gasteiger partial charge < -0.3 is 10.1 Å². The summed E-state index contributed by atoms with van der Waals surface area (Å²) >= 11 is 0. The molecular weight excluding hydrogens is 428 g/mol. The lowest BCUT2D eigenvalue weighted by atomic mass is 10.1. The molecule has 0 aromatic heterocycles. The van der Waals surface area contributed by atoms with E-state index in [1.54, 1.807) is 19.9 Å². The lowest BCUT2D eigenvalue weighted by Gasteiger charge is -2.18. The zero-order chi connectivity index (χ0) is 23.3. The standard InChI is InChI=1S/C24H26N2O5S/c1-4-26(5-2)32(29,30)22-14-11-19(12-15-22)24(28)31-17(3)23(27)25-21-13-10-18-8-6-7-9-20(18)16-21/h6-17H,4-5H2,1-3H3,(H,25,27). The molecule has 1 unspecified atom stereocenters. The summed E-state index contributed by atoms with van der Waals surface area (Å²) < 4.78 is 31.7. The highest BCUT2D eigenvalue weighted by Gasteiger charge is 2.23. The van der Waals surface area contributed by atoms with Crippen molar-refractivity contribution in [2.24, 2.45) is 0 Å². The van der Waals surface area contributed by atoms with Gasteiger partial charge in [0, 0.05) is 18.8 Å². The third kappa shape index (κ3) is 5.15. The van der Waals surface area contributed by atoms with E-state index in [-0.39, 0.29) is 10.5 Å². The Balaban J connectivity index is 1.64. The third-order valence-electron chi connectivity index (χ3n) is 5.10. The highest BCUT2D eigenvalue weighted by Crippen LogP contribution is 2.20. The van der Waals surface area contributed by atoms with Crippen molar-refractivity contribution >= 4 is 38.4 Å². The van der Waals surface area contributed by atoms with E-state index < -0.39 is 28.0 Å². The van der Waals surface area contributed by atoms with Gasteiger partial charge in [0.2, 0.25) is 10.0 Å². The number of anilines is 1. The average Bonchev–Trinajstić information content (AvgIpc) is 2.79. The third-order valence-corrected chi connectivity index (χ3v) is 7.17. The molecule has 0 aliphatic heterocycles. The van der Waals surface area contributed by atoms with Gasteiger partial charge in [0.05, 0.1) is 10.5 Å². The molecule has 8 heteroatoms. The smallest absolute Gasteiger partial charge is 0.338 e. The van der Waals surface area contributed by atoms with Crippen LogP contribution in [0.3, 0.4) is 0 Å². The molecule has 1 atom stereocenters. The van der Waals surface area contributed by atoms with E-state index in [0.29, 0.717) is 18.8 Å². The zero-order valence-corrected chi connectivity index (χ0v) is 19.1. The van der Waals surface area contributed by atoms with Crippen LogP contribution in [0.15, 0.2) is 71.6 Å².